The minimum Gasteiger partial charge on any atom is -0.420 e. The molecule has 0 saturated heterocycles. The maximum atomic E-state index is 12.3. The zero-order valence-corrected chi connectivity index (χ0v) is 19.3. The van der Waals surface area contributed by atoms with E-state index in [0.29, 0.717) is 0 Å². The number of esters is 1. The number of amides is 1. The van der Waals surface area contributed by atoms with Gasteiger partial charge in [-0.15, -0.1) is 0 Å². The number of halogens is 1. The van der Waals surface area contributed by atoms with Crippen LogP contribution in [0.4, 0.5) is 11.4 Å². The molecule has 0 saturated carbocycles. The van der Waals surface area contributed by atoms with Crippen LogP contribution in [-0.2, 0) is 19.3 Å². The van der Waals surface area contributed by atoms with E-state index in [-0.39, 0.29) is 16.5 Å². The van der Waals surface area contributed by atoms with Crippen molar-refractivity contribution in [2.24, 2.45) is 10.3 Å². The number of anilines is 1. The Kier molecular flexibility index (Phi) is 9.48. The summed E-state index contributed by atoms with van der Waals surface area (Å²) in [5.41, 5.74) is 0.871. The average Bonchev–Trinajstić information content (AvgIpc) is 2.87. The Balaban J connectivity index is 1.62. The molecule has 0 aliphatic carbocycles. The number of hydrogen-bond donors (Lipinski definition) is 1. The molecule has 0 heterocycles. The molecule has 0 spiro atoms. The number of nitrogens with zero attached hydrogens (tertiary/aromatic N) is 3. The lowest BCUT2D eigenvalue weighted by atomic mass is 10.2. The Bertz CT molecular complexity index is 1270. The van der Waals surface area contributed by atoms with Gasteiger partial charge >= 0.3 is 5.97 Å². The summed E-state index contributed by atoms with van der Waals surface area (Å²) < 4.78 is 5.17. The van der Waals surface area contributed by atoms with Crippen LogP contribution in [0.25, 0.3) is 0 Å². The quantitative estimate of drug-likeness (QED) is 0.134. The summed E-state index contributed by atoms with van der Waals surface area (Å²) in [7, 11) is 0. The Morgan fingerprint density at radius 2 is 1.47 bits per heavy atom. The van der Waals surface area contributed by atoms with E-state index in [9.17, 15) is 19.7 Å². The first-order valence-corrected chi connectivity index (χ1v) is 10.7. The SMILES string of the molecule is O=C(CON=Cc1ccccc1)Nc1cc([N+](=O)[O-])cc(Cl)c1OC(=O)CON=Cc1ccccc1. The molecule has 0 aliphatic rings. The van der Waals surface area contributed by atoms with E-state index in [1.807, 2.05) is 36.4 Å². The molecule has 0 bridgehead atoms. The summed E-state index contributed by atoms with van der Waals surface area (Å²) in [6, 6.07) is 20.0. The van der Waals surface area contributed by atoms with Crippen LogP contribution in [0.15, 0.2) is 83.1 Å². The van der Waals surface area contributed by atoms with Gasteiger partial charge in [0.05, 0.1) is 28.1 Å². The molecular formula is C24H19ClN4O7. The van der Waals surface area contributed by atoms with Crippen molar-refractivity contribution in [1.29, 1.82) is 0 Å². The lowest BCUT2D eigenvalue weighted by Crippen LogP contribution is -2.20. The number of benzene rings is 3. The van der Waals surface area contributed by atoms with Crippen LogP contribution in [0.2, 0.25) is 5.02 Å². The largest absolute Gasteiger partial charge is 0.420 e. The number of non-ortho nitro benzene ring substituents is 1. The Morgan fingerprint density at radius 1 is 0.917 bits per heavy atom. The third-order valence-electron chi connectivity index (χ3n) is 4.26. The summed E-state index contributed by atoms with van der Waals surface area (Å²) in [4.78, 5) is 44.9. The maximum Gasteiger partial charge on any atom is 0.352 e. The molecule has 12 heteroatoms. The van der Waals surface area contributed by atoms with Gasteiger partial charge in [-0.3, -0.25) is 14.9 Å². The molecule has 36 heavy (non-hydrogen) atoms. The molecule has 0 fully saturated rings. The maximum absolute atomic E-state index is 12.3. The summed E-state index contributed by atoms with van der Waals surface area (Å²) in [6.45, 7) is -1.10. The Labute approximate surface area is 210 Å². The van der Waals surface area contributed by atoms with Crippen molar-refractivity contribution >= 4 is 47.3 Å². The fraction of sp³-hybridized carbons (Fsp3) is 0.0833. The highest BCUT2D eigenvalue weighted by molar-refractivity contribution is 6.33. The minimum absolute atomic E-state index is 0.212. The standard InChI is InChI=1S/C24H19ClN4O7/c25-20-11-19(29(32)33)12-21(28-22(30)15-34-26-13-17-7-3-1-4-8-17)24(20)36-23(31)16-35-27-14-18-9-5-2-6-10-18/h1-14H,15-16H2,(H,28,30). The number of hydrogen-bond acceptors (Lipinski definition) is 9. The molecule has 0 aromatic heterocycles. The number of rotatable bonds is 11. The van der Waals surface area contributed by atoms with Gasteiger partial charge in [0.2, 0.25) is 6.61 Å². The lowest BCUT2D eigenvalue weighted by molar-refractivity contribution is -0.384. The first-order chi connectivity index (χ1) is 17.4. The molecule has 0 radical (unpaired) electrons. The fourth-order valence-corrected chi connectivity index (χ4v) is 2.92. The second kappa shape index (κ2) is 13.2. The van der Waals surface area contributed by atoms with Crippen LogP contribution in [0, 0.1) is 10.1 Å². The summed E-state index contributed by atoms with van der Waals surface area (Å²) >= 11 is 6.08. The molecule has 1 amide bonds. The van der Waals surface area contributed by atoms with E-state index in [2.05, 4.69) is 15.6 Å². The predicted molar refractivity (Wildman–Crippen MR) is 132 cm³/mol. The number of carbonyl (C=O) groups excluding carboxylic acids is 2. The van der Waals surface area contributed by atoms with Gasteiger partial charge in [-0.1, -0.05) is 82.6 Å². The number of carbonyl (C=O) groups is 2. The number of nitro benzene ring substituents is 1. The average molecular weight is 511 g/mol. The van der Waals surface area contributed by atoms with Gasteiger partial charge in [0, 0.05) is 12.1 Å². The van der Waals surface area contributed by atoms with Gasteiger partial charge in [-0.25, -0.2) is 4.79 Å². The molecule has 3 aromatic rings. The van der Waals surface area contributed by atoms with Crippen LogP contribution in [0.1, 0.15) is 11.1 Å². The number of oxime groups is 2. The van der Waals surface area contributed by atoms with E-state index in [4.69, 9.17) is 26.0 Å². The molecule has 3 rings (SSSR count). The van der Waals surface area contributed by atoms with Crippen molar-refractivity contribution in [2.75, 3.05) is 18.5 Å². The van der Waals surface area contributed by atoms with E-state index >= 15 is 0 Å². The first-order valence-electron chi connectivity index (χ1n) is 10.3. The van der Waals surface area contributed by atoms with E-state index in [1.165, 1.54) is 12.4 Å². The first kappa shape index (κ1) is 25.8. The minimum atomic E-state index is -0.907. The Hall–Kier alpha value is -4.77. The van der Waals surface area contributed by atoms with Crippen LogP contribution < -0.4 is 10.1 Å². The summed E-state index contributed by atoms with van der Waals surface area (Å²) in [5, 5.41) is 20.7. The van der Waals surface area contributed by atoms with Gasteiger partial charge in [0.1, 0.15) is 0 Å². The van der Waals surface area contributed by atoms with Crippen LogP contribution in [0.3, 0.4) is 0 Å². The number of nitrogens with one attached hydrogen (secondary N) is 1. The lowest BCUT2D eigenvalue weighted by Gasteiger charge is -2.12. The van der Waals surface area contributed by atoms with Crippen molar-refractivity contribution < 1.29 is 28.9 Å². The van der Waals surface area contributed by atoms with Crippen LogP contribution in [0.5, 0.6) is 5.75 Å². The molecule has 0 aliphatic heterocycles. The van der Waals surface area contributed by atoms with Gasteiger partial charge in [0.15, 0.2) is 12.4 Å². The number of ether oxygens (including phenoxy) is 1. The third kappa shape index (κ3) is 8.22. The molecule has 184 valence electrons. The van der Waals surface area contributed by atoms with Crippen molar-refractivity contribution in [2.45, 2.75) is 0 Å². The summed E-state index contributed by atoms with van der Waals surface area (Å²) in [6.07, 6.45) is 2.81. The molecule has 11 nitrogen and oxygen atoms in total. The normalized spacial score (nSPS) is 10.8. The molecule has 0 unspecified atom stereocenters. The zero-order valence-electron chi connectivity index (χ0n) is 18.6. The molecular weight excluding hydrogens is 492 g/mol. The van der Waals surface area contributed by atoms with Gasteiger partial charge in [-0.2, -0.15) is 0 Å². The van der Waals surface area contributed by atoms with Crippen LogP contribution in [-0.4, -0.2) is 42.4 Å². The van der Waals surface area contributed by atoms with Crippen LogP contribution >= 0.6 is 11.6 Å². The molecule has 3 aromatic carbocycles. The number of nitro groups is 1. The molecule has 0 atom stereocenters. The highest BCUT2D eigenvalue weighted by Crippen LogP contribution is 2.37. The summed E-state index contributed by atoms with van der Waals surface area (Å²) in [5.74, 6) is -1.93. The molecule has 1 N–H and O–H groups in total. The van der Waals surface area contributed by atoms with Gasteiger partial charge in [-0.05, 0) is 11.1 Å². The zero-order chi connectivity index (χ0) is 25.8. The van der Waals surface area contributed by atoms with E-state index in [1.54, 1.807) is 24.3 Å². The van der Waals surface area contributed by atoms with Crippen molar-refractivity contribution in [3.63, 3.8) is 0 Å². The van der Waals surface area contributed by atoms with Gasteiger partial charge in [0.25, 0.3) is 11.6 Å². The highest BCUT2D eigenvalue weighted by Gasteiger charge is 2.21. The van der Waals surface area contributed by atoms with Gasteiger partial charge < -0.3 is 19.7 Å². The Morgan fingerprint density at radius 3 is 2.03 bits per heavy atom. The van der Waals surface area contributed by atoms with Crippen molar-refractivity contribution in [3.8, 4) is 5.75 Å². The van der Waals surface area contributed by atoms with E-state index in [0.717, 1.165) is 23.3 Å². The smallest absolute Gasteiger partial charge is 0.352 e. The fourth-order valence-electron chi connectivity index (χ4n) is 2.67. The topological polar surface area (TPSA) is 142 Å². The monoisotopic (exact) mass is 510 g/mol. The van der Waals surface area contributed by atoms with Crippen molar-refractivity contribution in [1.82, 2.24) is 0 Å². The van der Waals surface area contributed by atoms with E-state index < -0.39 is 35.7 Å². The predicted octanol–water partition coefficient (Wildman–Crippen LogP) is 4.19. The van der Waals surface area contributed by atoms with Crippen molar-refractivity contribution in [3.05, 3.63) is 99.1 Å². The second-order valence-electron chi connectivity index (χ2n) is 6.92. The second-order valence-corrected chi connectivity index (χ2v) is 7.33. The highest BCUT2D eigenvalue weighted by atomic mass is 35.5. The third-order valence-corrected chi connectivity index (χ3v) is 4.54.